The lowest BCUT2D eigenvalue weighted by atomic mass is 9.92. The molecule has 1 aromatic heterocycles. The minimum atomic E-state index is -0.966. The average molecular weight is 433 g/mol. The highest BCUT2D eigenvalue weighted by Crippen LogP contribution is 2.19. The van der Waals surface area contributed by atoms with Crippen LogP contribution in [0.15, 0.2) is 72.9 Å². The highest BCUT2D eigenvalue weighted by molar-refractivity contribution is 5.98. The number of aromatic nitrogens is 1. The first-order chi connectivity index (χ1) is 15.5. The molecule has 6 heteroatoms. The number of aryl methyl sites for hydroxylation is 1. The molecule has 0 aliphatic carbocycles. The molecule has 3 rings (SSSR count). The maximum Gasteiger partial charge on any atom is 0.307 e. The Balaban J connectivity index is 1.45. The van der Waals surface area contributed by atoms with Gasteiger partial charge in [-0.2, -0.15) is 0 Å². The Hall–Kier alpha value is -3.67. The third-order valence-electron chi connectivity index (χ3n) is 5.12. The van der Waals surface area contributed by atoms with Gasteiger partial charge in [-0.05, 0) is 49.6 Å². The van der Waals surface area contributed by atoms with E-state index in [0.29, 0.717) is 18.6 Å². The summed E-state index contributed by atoms with van der Waals surface area (Å²) in [7, 11) is 0. The standard InChI is InChI=1S/C26H28N2O4/c1-19-6-10-21(11-7-19)24(29)18-22(26(30)31)17-20-8-12-23(13-9-20)32-16-4-15-28-25-5-2-3-14-27-25/h2-3,5-14,22H,4,15-18H2,1H3,(H,27,28)(H,30,31)/t22-/m1/s1. The number of benzene rings is 2. The van der Waals surface area contributed by atoms with Gasteiger partial charge in [-0.15, -0.1) is 0 Å². The maximum absolute atomic E-state index is 12.5. The lowest BCUT2D eigenvalue weighted by molar-refractivity contribution is -0.141. The smallest absolute Gasteiger partial charge is 0.307 e. The van der Waals surface area contributed by atoms with Crippen molar-refractivity contribution in [3.8, 4) is 5.75 Å². The van der Waals surface area contributed by atoms with Crippen LogP contribution in [0.5, 0.6) is 5.75 Å². The Morgan fingerprint density at radius 3 is 2.44 bits per heavy atom. The van der Waals surface area contributed by atoms with Crippen molar-refractivity contribution in [1.82, 2.24) is 4.98 Å². The molecule has 0 bridgehead atoms. The Morgan fingerprint density at radius 2 is 1.78 bits per heavy atom. The van der Waals surface area contributed by atoms with Crippen molar-refractivity contribution < 1.29 is 19.4 Å². The summed E-state index contributed by atoms with van der Waals surface area (Å²) in [4.78, 5) is 28.4. The van der Waals surface area contributed by atoms with Crippen molar-refractivity contribution in [3.05, 3.63) is 89.6 Å². The number of nitrogens with one attached hydrogen (secondary N) is 1. The lowest BCUT2D eigenvalue weighted by Crippen LogP contribution is -2.20. The molecule has 0 saturated carbocycles. The van der Waals surface area contributed by atoms with Crippen molar-refractivity contribution in [2.75, 3.05) is 18.5 Å². The molecule has 6 nitrogen and oxygen atoms in total. The van der Waals surface area contributed by atoms with Gasteiger partial charge in [0.1, 0.15) is 11.6 Å². The third kappa shape index (κ3) is 7.23. The molecule has 3 aromatic rings. The van der Waals surface area contributed by atoms with E-state index in [1.165, 1.54) is 0 Å². The molecule has 166 valence electrons. The normalized spacial score (nSPS) is 11.5. The number of aliphatic carboxylic acids is 1. The van der Waals surface area contributed by atoms with Crippen LogP contribution in [0.25, 0.3) is 0 Å². The minimum Gasteiger partial charge on any atom is -0.494 e. The molecule has 0 aliphatic heterocycles. The third-order valence-corrected chi connectivity index (χ3v) is 5.12. The largest absolute Gasteiger partial charge is 0.494 e. The number of rotatable bonds is 12. The topological polar surface area (TPSA) is 88.5 Å². The second-order valence-corrected chi connectivity index (χ2v) is 7.72. The summed E-state index contributed by atoms with van der Waals surface area (Å²) < 4.78 is 5.75. The zero-order chi connectivity index (χ0) is 22.8. The molecule has 0 spiro atoms. The van der Waals surface area contributed by atoms with Gasteiger partial charge in [0.2, 0.25) is 0 Å². The summed E-state index contributed by atoms with van der Waals surface area (Å²) in [5.41, 5.74) is 2.46. The fraction of sp³-hybridized carbons (Fsp3) is 0.269. The molecular formula is C26H28N2O4. The van der Waals surface area contributed by atoms with Crippen LogP contribution >= 0.6 is 0 Å². The van der Waals surface area contributed by atoms with Gasteiger partial charge in [-0.25, -0.2) is 4.98 Å². The van der Waals surface area contributed by atoms with Crippen LogP contribution in [0, 0.1) is 12.8 Å². The molecular weight excluding hydrogens is 404 g/mol. The predicted octanol–water partition coefficient (Wildman–Crippen LogP) is 4.79. The van der Waals surface area contributed by atoms with Crippen molar-refractivity contribution in [1.29, 1.82) is 0 Å². The molecule has 0 amide bonds. The van der Waals surface area contributed by atoms with Crippen molar-refractivity contribution >= 4 is 17.6 Å². The van der Waals surface area contributed by atoms with Crippen LogP contribution in [0.1, 0.15) is 34.3 Å². The Morgan fingerprint density at radius 1 is 1.03 bits per heavy atom. The van der Waals surface area contributed by atoms with Gasteiger partial charge in [-0.1, -0.05) is 48.0 Å². The van der Waals surface area contributed by atoms with Crippen LogP contribution in [0.3, 0.4) is 0 Å². The second-order valence-electron chi connectivity index (χ2n) is 7.72. The number of hydrogen-bond donors (Lipinski definition) is 2. The number of ketones is 1. The van der Waals surface area contributed by atoms with Gasteiger partial charge >= 0.3 is 5.97 Å². The quantitative estimate of drug-likeness (QED) is 0.316. The number of nitrogens with zero attached hydrogens (tertiary/aromatic N) is 1. The van der Waals surface area contributed by atoms with Gasteiger partial charge in [0, 0.05) is 24.7 Å². The molecule has 2 N–H and O–H groups in total. The fourth-order valence-corrected chi connectivity index (χ4v) is 3.28. The van der Waals surface area contributed by atoms with E-state index in [-0.39, 0.29) is 12.2 Å². The van der Waals surface area contributed by atoms with Gasteiger partial charge in [0.25, 0.3) is 0 Å². The summed E-state index contributed by atoms with van der Waals surface area (Å²) in [6.45, 7) is 3.26. The van der Waals surface area contributed by atoms with E-state index in [1.54, 1.807) is 18.3 Å². The van der Waals surface area contributed by atoms with E-state index in [4.69, 9.17) is 4.74 Å². The summed E-state index contributed by atoms with van der Waals surface area (Å²) in [5.74, 6) is -0.323. The first kappa shape index (κ1) is 23.0. The van der Waals surface area contributed by atoms with E-state index >= 15 is 0 Å². The highest BCUT2D eigenvalue weighted by atomic mass is 16.5. The zero-order valence-electron chi connectivity index (χ0n) is 18.2. The molecule has 0 aliphatic rings. The molecule has 1 atom stereocenters. The van der Waals surface area contributed by atoms with E-state index in [2.05, 4.69) is 10.3 Å². The van der Waals surface area contributed by atoms with E-state index in [1.807, 2.05) is 61.5 Å². The van der Waals surface area contributed by atoms with Gasteiger partial charge in [-0.3, -0.25) is 9.59 Å². The molecule has 32 heavy (non-hydrogen) atoms. The van der Waals surface area contributed by atoms with E-state index in [9.17, 15) is 14.7 Å². The molecule has 0 unspecified atom stereocenters. The monoisotopic (exact) mass is 432 g/mol. The van der Waals surface area contributed by atoms with Crippen LogP contribution in [-0.4, -0.2) is 35.0 Å². The van der Waals surface area contributed by atoms with Crippen molar-refractivity contribution in [2.24, 2.45) is 5.92 Å². The van der Waals surface area contributed by atoms with Crippen molar-refractivity contribution in [2.45, 2.75) is 26.2 Å². The van der Waals surface area contributed by atoms with Crippen LogP contribution < -0.4 is 10.1 Å². The predicted molar refractivity (Wildman–Crippen MR) is 124 cm³/mol. The highest BCUT2D eigenvalue weighted by Gasteiger charge is 2.22. The van der Waals surface area contributed by atoms with Crippen LogP contribution in [-0.2, 0) is 11.2 Å². The first-order valence-electron chi connectivity index (χ1n) is 10.7. The van der Waals surface area contributed by atoms with Gasteiger partial charge in [0.05, 0.1) is 12.5 Å². The number of carboxylic acids is 1. The van der Waals surface area contributed by atoms with Crippen LogP contribution in [0.4, 0.5) is 5.82 Å². The molecule has 0 saturated heterocycles. The Kier molecular flexibility index (Phi) is 8.37. The fourth-order valence-electron chi connectivity index (χ4n) is 3.28. The summed E-state index contributed by atoms with van der Waals surface area (Å²) in [5, 5.41) is 12.8. The number of pyridine rings is 1. The number of Topliss-reactive ketones (excluding diaryl/α,β-unsaturated/α-hetero) is 1. The van der Waals surface area contributed by atoms with E-state index in [0.717, 1.165) is 35.7 Å². The summed E-state index contributed by atoms with van der Waals surface area (Å²) >= 11 is 0. The molecule has 0 radical (unpaired) electrons. The Labute approximate surface area is 188 Å². The number of carbonyl (C=O) groups excluding carboxylic acids is 1. The minimum absolute atomic E-state index is 0.0279. The number of ether oxygens (including phenoxy) is 1. The zero-order valence-corrected chi connectivity index (χ0v) is 18.2. The average Bonchev–Trinajstić information content (AvgIpc) is 2.80. The number of hydrogen-bond acceptors (Lipinski definition) is 5. The lowest BCUT2D eigenvalue weighted by Gasteiger charge is -2.13. The molecule has 1 heterocycles. The molecule has 2 aromatic carbocycles. The van der Waals surface area contributed by atoms with Crippen LogP contribution in [0.2, 0.25) is 0 Å². The van der Waals surface area contributed by atoms with Crippen molar-refractivity contribution in [3.63, 3.8) is 0 Å². The number of carbonyl (C=O) groups is 2. The maximum atomic E-state index is 12.5. The summed E-state index contributed by atoms with van der Waals surface area (Å²) in [6.07, 6.45) is 2.83. The van der Waals surface area contributed by atoms with Gasteiger partial charge < -0.3 is 15.2 Å². The molecule has 0 fully saturated rings. The SMILES string of the molecule is Cc1ccc(C(=O)C[C@@H](Cc2ccc(OCCCNc3ccccn3)cc2)C(=O)O)cc1. The van der Waals surface area contributed by atoms with Gasteiger partial charge in [0.15, 0.2) is 5.78 Å². The first-order valence-corrected chi connectivity index (χ1v) is 10.7. The second kappa shape index (κ2) is 11.6. The number of carboxylic acid groups (broad SMARTS) is 1. The Bertz CT molecular complexity index is 1000. The van der Waals surface area contributed by atoms with E-state index < -0.39 is 11.9 Å². The summed E-state index contributed by atoms with van der Waals surface area (Å²) in [6, 6.07) is 20.3. The number of anilines is 1.